The standard InChI is InChI=1S/C16H17Cl/c1-12(2)15-7-3-13(4-8-15)11-14-5-9-16(17)10-6-14/h3-10,12H,11H2,1-2H3. The lowest BCUT2D eigenvalue weighted by Gasteiger charge is -2.07. The molecular formula is C16H17Cl. The van der Waals surface area contributed by atoms with E-state index in [0.717, 1.165) is 11.4 Å². The molecule has 0 radical (unpaired) electrons. The van der Waals surface area contributed by atoms with Crippen LogP contribution in [0.4, 0.5) is 0 Å². The van der Waals surface area contributed by atoms with Crippen LogP contribution in [-0.2, 0) is 6.42 Å². The molecule has 0 spiro atoms. The molecule has 2 aromatic carbocycles. The van der Waals surface area contributed by atoms with Crippen LogP contribution in [-0.4, -0.2) is 0 Å². The summed E-state index contributed by atoms with van der Waals surface area (Å²) < 4.78 is 0. The summed E-state index contributed by atoms with van der Waals surface area (Å²) in [5.41, 5.74) is 4.04. The topological polar surface area (TPSA) is 0 Å². The highest BCUT2D eigenvalue weighted by atomic mass is 35.5. The van der Waals surface area contributed by atoms with Gasteiger partial charge in [-0.05, 0) is 41.2 Å². The minimum atomic E-state index is 0.597. The smallest absolute Gasteiger partial charge is 0.0406 e. The Balaban J connectivity index is 2.11. The fraction of sp³-hybridized carbons (Fsp3) is 0.250. The quantitative estimate of drug-likeness (QED) is 0.709. The fourth-order valence-electron chi connectivity index (χ4n) is 1.86. The van der Waals surface area contributed by atoms with Crippen LogP contribution in [0.3, 0.4) is 0 Å². The van der Waals surface area contributed by atoms with Crippen molar-refractivity contribution >= 4 is 11.6 Å². The summed E-state index contributed by atoms with van der Waals surface area (Å²) in [6.45, 7) is 4.43. The van der Waals surface area contributed by atoms with Gasteiger partial charge in [0.05, 0.1) is 0 Å². The van der Waals surface area contributed by atoms with Gasteiger partial charge in [-0.1, -0.05) is 61.8 Å². The van der Waals surface area contributed by atoms with E-state index in [9.17, 15) is 0 Å². The molecule has 0 bridgehead atoms. The monoisotopic (exact) mass is 244 g/mol. The first-order valence-corrected chi connectivity index (χ1v) is 6.36. The molecule has 0 aliphatic heterocycles. The van der Waals surface area contributed by atoms with Crippen molar-refractivity contribution in [1.82, 2.24) is 0 Å². The Bertz CT molecular complexity index is 466. The summed E-state index contributed by atoms with van der Waals surface area (Å²) in [6, 6.07) is 16.9. The molecule has 0 nitrogen and oxygen atoms in total. The lowest BCUT2D eigenvalue weighted by molar-refractivity contribution is 0.865. The van der Waals surface area contributed by atoms with Crippen molar-refractivity contribution in [1.29, 1.82) is 0 Å². The number of benzene rings is 2. The Morgan fingerprint density at radius 3 is 1.76 bits per heavy atom. The van der Waals surface area contributed by atoms with E-state index in [4.69, 9.17) is 11.6 Å². The SMILES string of the molecule is CC(C)c1ccc(Cc2ccc(Cl)cc2)cc1. The first kappa shape index (κ1) is 12.2. The van der Waals surface area contributed by atoms with Crippen molar-refractivity contribution in [3.63, 3.8) is 0 Å². The number of rotatable bonds is 3. The van der Waals surface area contributed by atoms with Crippen LogP contribution in [0.2, 0.25) is 5.02 Å². The molecule has 0 amide bonds. The Morgan fingerprint density at radius 1 is 0.824 bits per heavy atom. The van der Waals surface area contributed by atoms with Crippen LogP contribution >= 0.6 is 11.6 Å². The fourth-order valence-corrected chi connectivity index (χ4v) is 1.98. The average molecular weight is 245 g/mol. The zero-order valence-electron chi connectivity index (χ0n) is 10.3. The average Bonchev–Trinajstić information content (AvgIpc) is 2.33. The van der Waals surface area contributed by atoms with E-state index < -0.39 is 0 Å². The summed E-state index contributed by atoms with van der Waals surface area (Å²) in [4.78, 5) is 0. The molecule has 2 aromatic rings. The normalized spacial score (nSPS) is 10.8. The minimum Gasteiger partial charge on any atom is -0.0843 e. The summed E-state index contributed by atoms with van der Waals surface area (Å²) in [7, 11) is 0. The van der Waals surface area contributed by atoms with Gasteiger partial charge in [0.15, 0.2) is 0 Å². The highest BCUT2D eigenvalue weighted by molar-refractivity contribution is 6.30. The molecular weight excluding hydrogens is 228 g/mol. The molecule has 0 fully saturated rings. The van der Waals surface area contributed by atoms with E-state index in [-0.39, 0.29) is 0 Å². The summed E-state index contributed by atoms with van der Waals surface area (Å²) in [6.07, 6.45) is 0.968. The lowest BCUT2D eigenvalue weighted by atomic mass is 9.99. The van der Waals surface area contributed by atoms with Gasteiger partial charge in [0.25, 0.3) is 0 Å². The third kappa shape index (κ3) is 3.34. The first-order chi connectivity index (χ1) is 8.15. The van der Waals surface area contributed by atoms with Crippen LogP contribution in [0.25, 0.3) is 0 Å². The van der Waals surface area contributed by atoms with Crippen LogP contribution in [0.1, 0.15) is 36.5 Å². The molecule has 0 aromatic heterocycles. The third-order valence-corrected chi connectivity index (χ3v) is 3.22. The highest BCUT2D eigenvalue weighted by Crippen LogP contribution is 2.17. The number of hydrogen-bond acceptors (Lipinski definition) is 0. The van der Waals surface area contributed by atoms with Crippen LogP contribution < -0.4 is 0 Å². The zero-order valence-corrected chi connectivity index (χ0v) is 11.0. The van der Waals surface area contributed by atoms with Crippen molar-refractivity contribution in [2.45, 2.75) is 26.2 Å². The molecule has 0 saturated carbocycles. The maximum atomic E-state index is 5.87. The zero-order chi connectivity index (χ0) is 12.3. The molecule has 2 rings (SSSR count). The highest BCUT2D eigenvalue weighted by Gasteiger charge is 2.00. The van der Waals surface area contributed by atoms with Crippen LogP contribution in [0.15, 0.2) is 48.5 Å². The predicted octanol–water partition coefficient (Wildman–Crippen LogP) is 5.05. The van der Waals surface area contributed by atoms with Gasteiger partial charge in [-0.25, -0.2) is 0 Å². The molecule has 0 heterocycles. The van der Waals surface area contributed by atoms with Crippen molar-refractivity contribution in [3.8, 4) is 0 Å². The van der Waals surface area contributed by atoms with Gasteiger partial charge < -0.3 is 0 Å². The van der Waals surface area contributed by atoms with Gasteiger partial charge in [0, 0.05) is 5.02 Å². The predicted molar refractivity (Wildman–Crippen MR) is 74.8 cm³/mol. The van der Waals surface area contributed by atoms with Crippen LogP contribution in [0.5, 0.6) is 0 Å². The van der Waals surface area contributed by atoms with Gasteiger partial charge in [0.1, 0.15) is 0 Å². The molecule has 0 aliphatic carbocycles. The maximum Gasteiger partial charge on any atom is 0.0406 e. The largest absolute Gasteiger partial charge is 0.0843 e. The second-order valence-corrected chi connectivity index (χ2v) is 5.14. The Morgan fingerprint density at radius 2 is 1.29 bits per heavy atom. The van der Waals surface area contributed by atoms with Crippen molar-refractivity contribution in [2.75, 3.05) is 0 Å². The maximum absolute atomic E-state index is 5.87. The molecule has 0 aliphatic rings. The van der Waals surface area contributed by atoms with E-state index in [1.807, 2.05) is 12.1 Å². The second kappa shape index (κ2) is 5.37. The second-order valence-electron chi connectivity index (χ2n) is 4.70. The summed E-state index contributed by atoms with van der Waals surface area (Å²) in [5, 5.41) is 0.795. The lowest BCUT2D eigenvalue weighted by Crippen LogP contribution is -1.90. The van der Waals surface area contributed by atoms with Gasteiger partial charge in [-0.2, -0.15) is 0 Å². The molecule has 0 atom stereocenters. The molecule has 88 valence electrons. The van der Waals surface area contributed by atoms with Gasteiger partial charge in [0.2, 0.25) is 0 Å². The Labute approximate surface area is 108 Å². The molecule has 0 unspecified atom stereocenters. The molecule has 17 heavy (non-hydrogen) atoms. The Hall–Kier alpha value is -1.27. The number of hydrogen-bond donors (Lipinski definition) is 0. The van der Waals surface area contributed by atoms with E-state index in [0.29, 0.717) is 5.92 Å². The van der Waals surface area contributed by atoms with E-state index in [1.54, 1.807) is 0 Å². The van der Waals surface area contributed by atoms with Crippen LogP contribution in [0, 0.1) is 0 Å². The summed E-state index contributed by atoms with van der Waals surface area (Å²) in [5.74, 6) is 0.597. The number of halogens is 1. The van der Waals surface area contributed by atoms with Gasteiger partial charge >= 0.3 is 0 Å². The minimum absolute atomic E-state index is 0.597. The first-order valence-electron chi connectivity index (χ1n) is 5.98. The van der Waals surface area contributed by atoms with E-state index in [1.165, 1.54) is 16.7 Å². The Kier molecular flexibility index (Phi) is 3.86. The van der Waals surface area contributed by atoms with Gasteiger partial charge in [-0.15, -0.1) is 0 Å². The van der Waals surface area contributed by atoms with E-state index >= 15 is 0 Å². The van der Waals surface area contributed by atoms with Gasteiger partial charge in [-0.3, -0.25) is 0 Å². The van der Waals surface area contributed by atoms with E-state index in [2.05, 4.69) is 50.2 Å². The summed E-state index contributed by atoms with van der Waals surface area (Å²) >= 11 is 5.87. The molecule has 0 saturated heterocycles. The molecule has 0 N–H and O–H groups in total. The van der Waals surface area contributed by atoms with Crippen molar-refractivity contribution in [2.24, 2.45) is 0 Å². The van der Waals surface area contributed by atoms with Crippen molar-refractivity contribution < 1.29 is 0 Å². The molecule has 1 heteroatoms. The third-order valence-electron chi connectivity index (χ3n) is 2.97. The van der Waals surface area contributed by atoms with Crippen molar-refractivity contribution in [3.05, 3.63) is 70.2 Å².